The molecule has 0 radical (unpaired) electrons. The Hall–Kier alpha value is -6.95. The molecule has 56 heavy (non-hydrogen) atoms. The largest absolute Gasteiger partial charge is 0.265 e. The molecule has 2 aromatic heterocycles. The third kappa shape index (κ3) is 5.09. The number of benzene rings is 7. The second-order valence-electron chi connectivity index (χ2n) is 14.2. The standard InChI is InChI=1S/C51H32N4S/c1-2-11-36(12-3-1)48-53-49(37-25-21-33(22-26-37)34-29-31-52-32-30-34)55-50(54-48)38-27-23-35(24-28-38)39-14-10-15-41-40-13-4-5-16-42(40)51(47(39)41)43-17-6-8-19-45(43)56-46-20-9-7-18-44(46)51/h1-32H. The van der Waals surface area contributed by atoms with Crippen LogP contribution < -0.4 is 0 Å². The van der Waals surface area contributed by atoms with Crippen LogP contribution in [-0.4, -0.2) is 19.9 Å². The summed E-state index contributed by atoms with van der Waals surface area (Å²) in [5, 5.41) is 0. The number of aromatic nitrogens is 4. The van der Waals surface area contributed by atoms with Gasteiger partial charge in [0.2, 0.25) is 0 Å². The first-order chi connectivity index (χ1) is 27.8. The van der Waals surface area contributed by atoms with E-state index in [0.717, 1.165) is 33.4 Å². The minimum atomic E-state index is -0.458. The monoisotopic (exact) mass is 732 g/mol. The van der Waals surface area contributed by atoms with Crippen LogP contribution in [0.5, 0.6) is 0 Å². The van der Waals surface area contributed by atoms with Crippen LogP contribution >= 0.6 is 11.8 Å². The van der Waals surface area contributed by atoms with Crippen molar-refractivity contribution in [3.63, 3.8) is 0 Å². The summed E-state index contributed by atoms with van der Waals surface area (Å²) in [6.07, 6.45) is 3.63. The topological polar surface area (TPSA) is 51.6 Å². The molecule has 0 saturated heterocycles. The summed E-state index contributed by atoms with van der Waals surface area (Å²) >= 11 is 1.87. The zero-order valence-electron chi connectivity index (χ0n) is 30.2. The molecular formula is C51H32N4S. The maximum atomic E-state index is 5.07. The van der Waals surface area contributed by atoms with E-state index in [1.807, 2.05) is 66.6 Å². The smallest absolute Gasteiger partial charge is 0.164 e. The van der Waals surface area contributed by atoms with Crippen LogP contribution in [0.25, 0.3) is 67.5 Å². The minimum absolute atomic E-state index is 0.458. The van der Waals surface area contributed by atoms with Crippen molar-refractivity contribution in [3.05, 3.63) is 217 Å². The van der Waals surface area contributed by atoms with Crippen LogP contribution in [0.3, 0.4) is 0 Å². The second-order valence-corrected chi connectivity index (χ2v) is 15.3. The maximum absolute atomic E-state index is 5.07. The van der Waals surface area contributed by atoms with E-state index >= 15 is 0 Å². The average Bonchev–Trinajstić information content (AvgIpc) is 3.58. The number of fused-ring (bicyclic) bond motifs is 9. The number of pyridine rings is 1. The van der Waals surface area contributed by atoms with Gasteiger partial charge < -0.3 is 0 Å². The zero-order chi connectivity index (χ0) is 37.1. The molecule has 0 saturated carbocycles. The van der Waals surface area contributed by atoms with Crippen LogP contribution in [0.1, 0.15) is 22.3 Å². The summed E-state index contributed by atoms with van der Waals surface area (Å²) in [7, 11) is 0. The van der Waals surface area contributed by atoms with Crippen LogP contribution in [0.2, 0.25) is 0 Å². The molecule has 9 aromatic rings. The van der Waals surface area contributed by atoms with Crippen LogP contribution in [0.15, 0.2) is 204 Å². The molecule has 0 amide bonds. The molecule has 1 aliphatic heterocycles. The lowest BCUT2D eigenvalue weighted by Gasteiger charge is -2.40. The Kier molecular flexibility index (Phi) is 7.61. The van der Waals surface area contributed by atoms with Crippen molar-refractivity contribution in [2.75, 3.05) is 0 Å². The molecule has 11 rings (SSSR count). The van der Waals surface area contributed by atoms with E-state index in [1.54, 1.807) is 0 Å². The molecule has 2 aliphatic rings. The van der Waals surface area contributed by atoms with E-state index in [-0.39, 0.29) is 0 Å². The molecule has 0 unspecified atom stereocenters. The fraction of sp³-hybridized carbons (Fsp3) is 0.0196. The molecule has 0 N–H and O–H groups in total. The first-order valence-corrected chi connectivity index (χ1v) is 19.6. The third-order valence-corrected chi connectivity index (χ3v) is 12.3. The van der Waals surface area contributed by atoms with Crippen molar-refractivity contribution in [2.24, 2.45) is 0 Å². The van der Waals surface area contributed by atoms with Gasteiger partial charge in [-0.3, -0.25) is 4.98 Å². The lowest BCUT2D eigenvalue weighted by atomic mass is 9.66. The van der Waals surface area contributed by atoms with E-state index in [4.69, 9.17) is 15.0 Å². The van der Waals surface area contributed by atoms with Gasteiger partial charge in [-0.05, 0) is 79.9 Å². The van der Waals surface area contributed by atoms with Crippen LogP contribution in [0.4, 0.5) is 0 Å². The van der Waals surface area contributed by atoms with Crippen molar-refractivity contribution in [3.8, 4) is 67.5 Å². The Labute approximate surface area is 329 Å². The van der Waals surface area contributed by atoms with Crippen molar-refractivity contribution in [1.82, 2.24) is 19.9 Å². The maximum Gasteiger partial charge on any atom is 0.164 e. The summed E-state index contributed by atoms with van der Waals surface area (Å²) in [6, 6.07) is 65.0. The first kappa shape index (κ1) is 32.5. The summed E-state index contributed by atoms with van der Waals surface area (Å²) in [4.78, 5) is 21.9. The van der Waals surface area contributed by atoms with Gasteiger partial charge in [0.1, 0.15) is 0 Å². The van der Waals surface area contributed by atoms with E-state index in [1.165, 1.54) is 48.7 Å². The Morgan fingerprint density at radius 3 is 1.39 bits per heavy atom. The van der Waals surface area contributed by atoms with E-state index < -0.39 is 5.41 Å². The molecule has 4 nitrogen and oxygen atoms in total. The minimum Gasteiger partial charge on any atom is -0.265 e. The van der Waals surface area contributed by atoms with E-state index in [9.17, 15) is 0 Å². The molecule has 1 spiro atoms. The van der Waals surface area contributed by atoms with Gasteiger partial charge in [0.25, 0.3) is 0 Å². The summed E-state index contributed by atoms with van der Waals surface area (Å²) in [5.41, 5.74) is 14.8. The van der Waals surface area contributed by atoms with Crippen molar-refractivity contribution < 1.29 is 0 Å². The average molecular weight is 733 g/mol. The number of hydrogen-bond donors (Lipinski definition) is 0. The number of hydrogen-bond acceptors (Lipinski definition) is 5. The highest BCUT2D eigenvalue weighted by atomic mass is 32.2. The quantitative estimate of drug-likeness (QED) is 0.176. The predicted octanol–water partition coefficient (Wildman–Crippen LogP) is 12.4. The molecule has 3 heterocycles. The van der Waals surface area contributed by atoms with E-state index in [0.29, 0.717) is 17.5 Å². The fourth-order valence-electron chi connectivity index (χ4n) is 8.66. The first-order valence-electron chi connectivity index (χ1n) is 18.8. The van der Waals surface area contributed by atoms with E-state index in [2.05, 4.69) is 145 Å². The van der Waals surface area contributed by atoms with Gasteiger partial charge in [0.15, 0.2) is 17.5 Å². The van der Waals surface area contributed by atoms with Gasteiger partial charge in [-0.25, -0.2) is 15.0 Å². The molecule has 7 aromatic carbocycles. The Morgan fingerprint density at radius 2 is 0.768 bits per heavy atom. The zero-order valence-corrected chi connectivity index (χ0v) is 31.0. The highest BCUT2D eigenvalue weighted by Gasteiger charge is 2.51. The molecule has 1 aliphatic carbocycles. The SMILES string of the molecule is c1ccc(-c2nc(-c3ccc(-c4ccncc4)cc3)nc(-c3ccc(-c4cccc5c4C4(c6ccccc6Sc6ccccc64)c4ccccc4-5)cc3)n2)cc1. The molecule has 0 atom stereocenters. The fourth-order valence-corrected chi connectivity index (χ4v) is 9.85. The van der Waals surface area contributed by atoms with Gasteiger partial charge in [-0.15, -0.1) is 0 Å². The molecule has 5 heteroatoms. The summed E-state index contributed by atoms with van der Waals surface area (Å²) in [5.74, 6) is 1.90. The lowest BCUT2D eigenvalue weighted by Crippen LogP contribution is -2.32. The third-order valence-electron chi connectivity index (χ3n) is 11.1. The number of rotatable bonds is 5. The Morgan fingerprint density at radius 1 is 0.321 bits per heavy atom. The second kappa shape index (κ2) is 13.1. The van der Waals surface area contributed by atoms with Crippen LogP contribution in [0, 0.1) is 0 Å². The van der Waals surface area contributed by atoms with Crippen molar-refractivity contribution >= 4 is 11.8 Å². The predicted molar refractivity (Wildman–Crippen MR) is 226 cm³/mol. The van der Waals surface area contributed by atoms with Gasteiger partial charge in [-0.2, -0.15) is 0 Å². The normalized spacial score (nSPS) is 13.1. The van der Waals surface area contributed by atoms with Crippen LogP contribution in [-0.2, 0) is 5.41 Å². The van der Waals surface area contributed by atoms with Gasteiger partial charge >= 0.3 is 0 Å². The Bertz CT molecular complexity index is 2880. The van der Waals surface area contributed by atoms with Gasteiger partial charge in [0.05, 0.1) is 5.41 Å². The summed E-state index contributed by atoms with van der Waals surface area (Å²) in [6.45, 7) is 0. The molecule has 0 fully saturated rings. The highest BCUT2D eigenvalue weighted by Crippen LogP contribution is 2.63. The summed E-state index contributed by atoms with van der Waals surface area (Å²) < 4.78 is 0. The van der Waals surface area contributed by atoms with Gasteiger partial charge in [-0.1, -0.05) is 169 Å². The van der Waals surface area contributed by atoms with Crippen molar-refractivity contribution in [1.29, 1.82) is 0 Å². The molecule has 0 bridgehead atoms. The van der Waals surface area contributed by atoms with Crippen molar-refractivity contribution in [2.45, 2.75) is 15.2 Å². The number of nitrogens with zero attached hydrogens (tertiary/aromatic N) is 4. The highest BCUT2D eigenvalue weighted by molar-refractivity contribution is 7.99. The lowest BCUT2D eigenvalue weighted by molar-refractivity contribution is 0.724. The Balaban J connectivity index is 1.05. The molecule has 262 valence electrons. The molecular weight excluding hydrogens is 701 g/mol. The van der Waals surface area contributed by atoms with Gasteiger partial charge in [0, 0.05) is 38.9 Å².